The molecule has 106 valence electrons. The Morgan fingerprint density at radius 3 is 2.71 bits per heavy atom. The summed E-state index contributed by atoms with van der Waals surface area (Å²) >= 11 is 0. The fourth-order valence-electron chi connectivity index (χ4n) is 2.10. The Morgan fingerprint density at radius 2 is 2.00 bits per heavy atom. The van der Waals surface area contributed by atoms with Gasteiger partial charge in [0.15, 0.2) is 5.58 Å². The summed E-state index contributed by atoms with van der Waals surface area (Å²) in [6, 6.07) is 12.5. The summed E-state index contributed by atoms with van der Waals surface area (Å²) in [5.41, 5.74) is 3.21. The lowest BCUT2D eigenvalue weighted by Crippen LogP contribution is -2.08. The molecule has 5 heteroatoms. The Bertz CT molecular complexity index is 821. The molecule has 3 rings (SSSR count). The summed E-state index contributed by atoms with van der Waals surface area (Å²) in [4.78, 5) is 17.3. The number of fused-ring (bicyclic) bond motifs is 1. The number of hydrogen-bond donors (Lipinski definition) is 1. The quantitative estimate of drug-likeness (QED) is 0.798. The number of hydrogen-bond acceptors (Lipinski definition) is 4. The van der Waals surface area contributed by atoms with Crippen LogP contribution in [0.1, 0.15) is 10.4 Å². The molecule has 0 aliphatic heterocycles. The molecule has 5 nitrogen and oxygen atoms in total. The highest BCUT2D eigenvalue weighted by atomic mass is 16.4. The van der Waals surface area contributed by atoms with E-state index in [0.717, 1.165) is 11.3 Å². The molecule has 0 fully saturated rings. The molecule has 3 aromatic rings. The minimum atomic E-state index is -0.976. The SMILES string of the molecule is CN(C)c1cccc(-c2nc3cc(C(=O)O)ccc3o2)c1. The van der Waals surface area contributed by atoms with Crippen LogP contribution in [-0.4, -0.2) is 30.2 Å². The summed E-state index contributed by atoms with van der Waals surface area (Å²) in [7, 11) is 3.93. The van der Waals surface area contributed by atoms with Crippen molar-refractivity contribution in [2.24, 2.45) is 0 Å². The predicted octanol–water partition coefficient (Wildman–Crippen LogP) is 3.26. The van der Waals surface area contributed by atoms with Crippen molar-refractivity contribution in [1.82, 2.24) is 4.98 Å². The van der Waals surface area contributed by atoms with Crippen molar-refractivity contribution in [3.8, 4) is 11.5 Å². The van der Waals surface area contributed by atoms with Crippen LogP contribution >= 0.6 is 0 Å². The maximum atomic E-state index is 11.0. The Hall–Kier alpha value is -2.82. The van der Waals surface area contributed by atoms with E-state index in [1.807, 2.05) is 43.3 Å². The van der Waals surface area contributed by atoms with E-state index in [-0.39, 0.29) is 5.56 Å². The zero-order valence-corrected chi connectivity index (χ0v) is 11.7. The Balaban J connectivity index is 2.08. The van der Waals surface area contributed by atoms with E-state index in [1.165, 1.54) is 12.1 Å². The third kappa shape index (κ3) is 2.45. The first-order valence-corrected chi connectivity index (χ1v) is 6.46. The van der Waals surface area contributed by atoms with Gasteiger partial charge in [0.1, 0.15) is 5.52 Å². The number of aromatic nitrogens is 1. The molecule has 0 amide bonds. The lowest BCUT2D eigenvalue weighted by Gasteiger charge is -2.12. The van der Waals surface area contributed by atoms with Gasteiger partial charge >= 0.3 is 5.97 Å². The molecule has 1 N–H and O–H groups in total. The zero-order chi connectivity index (χ0) is 15.0. The standard InChI is InChI=1S/C16H14N2O3/c1-18(2)12-5-3-4-10(8-12)15-17-13-9-11(16(19)20)6-7-14(13)21-15/h3-9H,1-2H3,(H,19,20). The largest absolute Gasteiger partial charge is 0.478 e. The fraction of sp³-hybridized carbons (Fsp3) is 0.125. The number of carbonyl (C=O) groups is 1. The lowest BCUT2D eigenvalue weighted by molar-refractivity contribution is 0.0697. The topological polar surface area (TPSA) is 66.6 Å². The molecule has 0 radical (unpaired) electrons. The number of aromatic carboxylic acids is 1. The number of carboxylic acid groups (broad SMARTS) is 1. The van der Waals surface area contributed by atoms with Gasteiger partial charge in [-0.2, -0.15) is 0 Å². The van der Waals surface area contributed by atoms with Crippen LogP contribution < -0.4 is 4.90 Å². The molecule has 0 unspecified atom stereocenters. The van der Waals surface area contributed by atoms with Crippen LogP contribution in [0.5, 0.6) is 0 Å². The average Bonchev–Trinajstić information content (AvgIpc) is 2.90. The van der Waals surface area contributed by atoms with E-state index in [2.05, 4.69) is 4.98 Å². The maximum absolute atomic E-state index is 11.0. The van der Waals surface area contributed by atoms with E-state index in [0.29, 0.717) is 17.0 Å². The van der Waals surface area contributed by atoms with Crippen LogP contribution in [0.3, 0.4) is 0 Å². The molecule has 0 aliphatic carbocycles. The van der Waals surface area contributed by atoms with Crippen molar-refractivity contribution < 1.29 is 14.3 Å². The smallest absolute Gasteiger partial charge is 0.335 e. The summed E-state index contributed by atoms with van der Waals surface area (Å²) in [6.45, 7) is 0. The Morgan fingerprint density at radius 1 is 1.19 bits per heavy atom. The molecule has 21 heavy (non-hydrogen) atoms. The van der Waals surface area contributed by atoms with Crippen LogP contribution in [0.4, 0.5) is 5.69 Å². The van der Waals surface area contributed by atoms with Crippen molar-refractivity contribution in [3.05, 3.63) is 48.0 Å². The van der Waals surface area contributed by atoms with Crippen LogP contribution in [0.25, 0.3) is 22.6 Å². The number of oxazole rings is 1. The van der Waals surface area contributed by atoms with Crippen molar-refractivity contribution >= 4 is 22.8 Å². The predicted molar refractivity (Wildman–Crippen MR) is 80.7 cm³/mol. The molecule has 0 spiro atoms. The maximum Gasteiger partial charge on any atom is 0.335 e. The molecule has 2 aromatic carbocycles. The number of rotatable bonds is 3. The minimum Gasteiger partial charge on any atom is -0.478 e. The van der Waals surface area contributed by atoms with Gasteiger partial charge in [0.05, 0.1) is 5.56 Å². The molecular weight excluding hydrogens is 268 g/mol. The van der Waals surface area contributed by atoms with Gasteiger partial charge in [-0.1, -0.05) is 6.07 Å². The number of nitrogens with zero attached hydrogens (tertiary/aromatic N) is 2. The van der Waals surface area contributed by atoms with Gasteiger partial charge in [-0.05, 0) is 36.4 Å². The molecule has 1 aromatic heterocycles. The van der Waals surface area contributed by atoms with E-state index in [1.54, 1.807) is 6.07 Å². The minimum absolute atomic E-state index is 0.199. The molecule has 0 saturated carbocycles. The average molecular weight is 282 g/mol. The zero-order valence-electron chi connectivity index (χ0n) is 11.7. The van der Waals surface area contributed by atoms with Crippen molar-refractivity contribution in [3.63, 3.8) is 0 Å². The van der Waals surface area contributed by atoms with Gasteiger partial charge in [0.25, 0.3) is 0 Å². The second kappa shape index (κ2) is 4.94. The third-order valence-electron chi connectivity index (χ3n) is 3.24. The van der Waals surface area contributed by atoms with Crippen molar-refractivity contribution in [2.45, 2.75) is 0 Å². The highest BCUT2D eigenvalue weighted by molar-refractivity contribution is 5.92. The number of benzene rings is 2. The third-order valence-corrected chi connectivity index (χ3v) is 3.24. The van der Waals surface area contributed by atoms with Gasteiger partial charge in [-0.3, -0.25) is 0 Å². The first-order valence-electron chi connectivity index (χ1n) is 6.46. The molecule has 0 atom stereocenters. The lowest BCUT2D eigenvalue weighted by atomic mass is 10.2. The molecular formula is C16H14N2O3. The van der Waals surface area contributed by atoms with E-state index < -0.39 is 5.97 Å². The van der Waals surface area contributed by atoms with E-state index in [9.17, 15) is 4.79 Å². The number of carboxylic acids is 1. The summed E-state index contributed by atoms with van der Waals surface area (Å²) in [5, 5.41) is 9.00. The summed E-state index contributed by atoms with van der Waals surface area (Å²) < 4.78 is 5.70. The highest BCUT2D eigenvalue weighted by Gasteiger charge is 2.11. The summed E-state index contributed by atoms with van der Waals surface area (Å²) in [6.07, 6.45) is 0. The Kier molecular flexibility index (Phi) is 3.10. The van der Waals surface area contributed by atoms with Gasteiger partial charge in [-0.25, -0.2) is 9.78 Å². The Labute approximate surface area is 121 Å². The second-order valence-corrected chi connectivity index (χ2v) is 4.95. The van der Waals surface area contributed by atoms with Crippen LogP contribution in [0.2, 0.25) is 0 Å². The van der Waals surface area contributed by atoms with Gasteiger partial charge in [-0.15, -0.1) is 0 Å². The van der Waals surface area contributed by atoms with Gasteiger partial charge in [0.2, 0.25) is 5.89 Å². The second-order valence-electron chi connectivity index (χ2n) is 4.95. The molecule has 0 aliphatic rings. The first kappa shape index (κ1) is 13.2. The van der Waals surface area contributed by atoms with Crippen LogP contribution in [0, 0.1) is 0 Å². The highest BCUT2D eigenvalue weighted by Crippen LogP contribution is 2.27. The van der Waals surface area contributed by atoms with Crippen molar-refractivity contribution in [1.29, 1.82) is 0 Å². The van der Waals surface area contributed by atoms with Gasteiger partial charge < -0.3 is 14.4 Å². The molecule has 0 bridgehead atoms. The van der Waals surface area contributed by atoms with Gasteiger partial charge in [0, 0.05) is 25.3 Å². The summed E-state index contributed by atoms with van der Waals surface area (Å²) in [5.74, 6) is -0.493. The van der Waals surface area contributed by atoms with Crippen LogP contribution in [-0.2, 0) is 0 Å². The van der Waals surface area contributed by atoms with E-state index in [4.69, 9.17) is 9.52 Å². The normalized spacial score (nSPS) is 10.8. The van der Waals surface area contributed by atoms with E-state index >= 15 is 0 Å². The first-order chi connectivity index (χ1) is 10.0. The van der Waals surface area contributed by atoms with Crippen molar-refractivity contribution in [2.75, 3.05) is 19.0 Å². The molecule has 1 heterocycles. The fourth-order valence-corrected chi connectivity index (χ4v) is 2.10. The van der Waals surface area contributed by atoms with Crippen LogP contribution in [0.15, 0.2) is 46.9 Å². The molecule has 0 saturated heterocycles. The monoisotopic (exact) mass is 282 g/mol. The number of anilines is 1.